The fraction of sp³-hybridized carbons (Fsp3) is 0.455. The standard InChI is InChI=1S/C22H25N3O3S/c1-12-10-16-20(29-12)24-22(27)25(21(16)26)9-8-17-19-13(11-23-17)6-7-14-15(19)4-3-5-18(14)28-2/h3-5,10,13,17,19,23H,6-9,11H2,1-2H3,(H,24,27). The second-order valence-corrected chi connectivity index (χ2v) is 9.40. The van der Waals surface area contributed by atoms with Gasteiger partial charge in [-0.05, 0) is 61.9 Å². The van der Waals surface area contributed by atoms with Crippen molar-refractivity contribution < 1.29 is 4.74 Å². The normalized spacial score (nSPS) is 23.2. The number of nitrogens with one attached hydrogen (secondary N) is 2. The van der Waals surface area contributed by atoms with Gasteiger partial charge in [-0.2, -0.15) is 0 Å². The van der Waals surface area contributed by atoms with Gasteiger partial charge in [-0.15, -0.1) is 11.3 Å². The summed E-state index contributed by atoms with van der Waals surface area (Å²) in [6.07, 6.45) is 2.93. The van der Waals surface area contributed by atoms with Gasteiger partial charge >= 0.3 is 5.69 Å². The maximum atomic E-state index is 12.8. The lowest BCUT2D eigenvalue weighted by Gasteiger charge is -2.32. The number of aromatic amines is 1. The average molecular weight is 412 g/mol. The van der Waals surface area contributed by atoms with Crippen LogP contribution in [-0.4, -0.2) is 29.2 Å². The van der Waals surface area contributed by atoms with Crippen LogP contribution in [0.25, 0.3) is 10.2 Å². The molecular weight excluding hydrogens is 386 g/mol. The zero-order chi connectivity index (χ0) is 20.1. The molecule has 0 spiro atoms. The van der Waals surface area contributed by atoms with Gasteiger partial charge in [0.1, 0.15) is 10.6 Å². The second-order valence-electron chi connectivity index (χ2n) is 8.14. The summed E-state index contributed by atoms with van der Waals surface area (Å²) in [5, 5.41) is 4.27. The lowest BCUT2D eigenvalue weighted by Crippen LogP contribution is -2.37. The van der Waals surface area contributed by atoms with E-state index in [1.54, 1.807) is 7.11 Å². The molecule has 0 bridgehead atoms. The van der Waals surface area contributed by atoms with Gasteiger partial charge in [0.15, 0.2) is 0 Å². The number of hydrogen-bond acceptors (Lipinski definition) is 5. The van der Waals surface area contributed by atoms with Gasteiger partial charge in [0, 0.05) is 23.4 Å². The summed E-state index contributed by atoms with van der Waals surface area (Å²) < 4.78 is 6.95. The first-order valence-corrected chi connectivity index (χ1v) is 11.0. The molecule has 2 aromatic heterocycles. The smallest absolute Gasteiger partial charge is 0.329 e. The van der Waals surface area contributed by atoms with Gasteiger partial charge in [0.05, 0.1) is 12.5 Å². The van der Waals surface area contributed by atoms with Crippen molar-refractivity contribution in [2.45, 2.75) is 44.7 Å². The SMILES string of the molecule is COc1cccc2c1CCC1CNC(CCn3c(=O)[nH]c4sc(C)cc4c3=O)C21. The van der Waals surface area contributed by atoms with Gasteiger partial charge < -0.3 is 10.1 Å². The van der Waals surface area contributed by atoms with E-state index in [0.29, 0.717) is 28.6 Å². The minimum atomic E-state index is -0.315. The number of aryl methyl sites for hydroxylation is 1. The Bertz CT molecular complexity index is 1190. The van der Waals surface area contributed by atoms with Gasteiger partial charge in [0.2, 0.25) is 0 Å². The Morgan fingerprint density at radius 3 is 3.00 bits per heavy atom. The van der Waals surface area contributed by atoms with E-state index in [1.165, 1.54) is 27.0 Å². The van der Waals surface area contributed by atoms with Crippen LogP contribution in [0, 0.1) is 12.8 Å². The predicted octanol–water partition coefficient (Wildman–Crippen LogP) is 2.78. The Morgan fingerprint density at radius 1 is 1.31 bits per heavy atom. The number of rotatable bonds is 4. The molecule has 6 nitrogen and oxygen atoms in total. The molecule has 1 aliphatic heterocycles. The van der Waals surface area contributed by atoms with Gasteiger partial charge in [-0.25, -0.2) is 4.79 Å². The van der Waals surface area contributed by atoms with E-state index in [0.717, 1.165) is 36.4 Å². The van der Waals surface area contributed by atoms with E-state index in [4.69, 9.17) is 4.74 Å². The van der Waals surface area contributed by atoms with E-state index >= 15 is 0 Å². The van der Waals surface area contributed by atoms with E-state index < -0.39 is 0 Å². The predicted molar refractivity (Wildman–Crippen MR) is 115 cm³/mol. The minimum Gasteiger partial charge on any atom is -0.496 e. The first kappa shape index (κ1) is 18.6. The Hall–Kier alpha value is -2.38. The van der Waals surface area contributed by atoms with E-state index in [1.807, 2.05) is 19.1 Å². The summed E-state index contributed by atoms with van der Waals surface area (Å²) in [5.74, 6) is 1.96. The van der Waals surface area contributed by atoms with Gasteiger partial charge in [-0.3, -0.25) is 14.3 Å². The molecule has 3 aromatic rings. The summed E-state index contributed by atoms with van der Waals surface area (Å²) in [7, 11) is 1.73. The third-order valence-electron chi connectivity index (χ3n) is 6.56. The van der Waals surface area contributed by atoms with Crippen molar-refractivity contribution in [3.8, 4) is 5.75 Å². The molecule has 2 N–H and O–H groups in total. The molecule has 1 saturated heterocycles. The molecule has 3 unspecified atom stereocenters. The zero-order valence-electron chi connectivity index (χ0n) is 16.7. The number of H-pyrrole nitrogens is 1. The molecule has 3 atom stereocenters. The topological polar surface area (TPSA) is 76.1 Å². The first-order valence-electron chi connectivity index (χ1n) is 10.2. The molecule has 1 fully saturated rings. The van der Waals surface area contributed by atoms with Crippen molar-refractivity contribution in [2.24, 2.45) is 5.92 Å². The number of aromatic nitrogens is 2. The number of nitrogens with zero attached hydrogens (tertiary/aromatic N) is 1. The van der Waals surface area contributed by atoms with Crippen LogP contribution < -0.4 is 21.3 Å². The maximum absolute atomic E-state index is 12.8. The molecule has 0 saturated carbocycles. The molecule has 2 aliphatic rings. The quantitative estimate of drug-likeness (QED) is 0.692. The van der Waals surface area contributed by atoms with Crippen LogP contribution in [0.1, 0.15) is 34.8 Å². The summed E-state index contributed by atoms with van der Waals surface area (Å²) in [6.45, 7) is 3.35. The van der Waals surface area contributed by atoms with E-state index in [9.17, 15) is 9.59 Å². The van der Waals surface area contributed by atoms with E-state index in [-0.39, 0.29) is 17.3 Å². The van der Waals surface area contributed by atoms with E-state index in [2.05, 4.69) is 22.4 Å². The maximum Gasteiger partial charge on any atom is 0.329 e. The highest BCUT2D eigenvalue weighted by Crippen LogP contribution is 2.45. The summed E-state index contributed by atoms with van der Waals surface area (Å²) >= 11 is 1.45. The molecule has 0 amide bonds. The molecule has 29 heavy (non-hydrogen) atoms. The first-order chi connectivity index (χ1) is 14.1. The average Bonchev–Trinajstić information content (AvgIpc) is 3.30. The van der Waals surface area contributed by atoms with Crippen LogP contribution in [0.3, 0.4) is 0 Å². The largest absolute Gasteiger partial charge is 0.496 e. The molecule has 1 aliphatic carbocycles. The third-order valence-corrected chi connectivity index (χ3v) is 7.52. The molecule has 1 aromatic carbocycles. The highest BCUT2D eigenvalue weighted by atomic mass is 32.1. The number of benzene rings is 1. The van der Waals surface area contributed by atoms with Crippen molar-refractivity contribution in [3.05, 3.63) is 61.1 Å². The van der Waals surface area contributed by atoms with Crippen molar-refractivity contribution in [1.82, 2.24) is 14.9 Å². The molecule has 5 rings (SSSR count). The number of thiophene rings is 1. The molecule has 152 valence electrons. The molecular formula is C22H25N3O3S. The van der Waals surface area contributed by atoms with Crippen LogP contribution in [0.4, 0.5) is 0 Å². The lowest BCUT2D eigenvalue weighted by molar-refractivity contribution is 0.371. The van der Waals surface area contributed by atoms with Gasteiger partial charge in [0.25, 0.3) is 5.56 Å². The number of hydrogen-bond donors (Lipinski definition) is 2. The van der Waals surface area contributed by atoms with Crippen molar-refractivity contribution in [2.75, 3.05) is 13.7 Å². The molecule has 3 heterocycles. The monoisotopic (exact) mass is 411 g/mol. The zero-order valence-corrected chi connectivity index (χ0v) is 17.5. The Labute approximate surface area is 172 Å². The number of fused-ring (bicyclic) bond motifs is 4. The van der Waals surface area contributed by atoms with Crippen LogP contribution >= 0.6 is 11.3 Å². The summed E-state index contributed by atoms with van der Waals surface area (Å²) in [5.41, 5.74) is 2.17. The molecule has 0 radical (unpaired) electrons. The fourth-order valence-corrected chi connectivity index (χ4v) is 6.14. The third kappa shape index (κ3) is 3.04. The van der Waals surface area contributed by atoms with Crippen molar-refractivity contribution >= 4 is 21.6 Å². The lowest BCUT2D eigenvalue weighted by atomic mass is 9.73. The fourth-order valence-electron chi connectivity index (χ4n) is 5.24. The van der Waals surface area contributed by atoms with Gasteiger partial charge in [-0.1, -0.05) is 12.1 Å². The van der Waals surface area contributed by atoms with Crippen LogP contribution in [0.5, 0.6) is 5.75 Å². The van der Waals surface area contributed by atoms with Crippen molar-refractivity contribution in [1.29, 1.82) is 0 Å². The van der Waals surface area contributed by atoms with Crippen LogP contribution in [-0.2, 0) is 13.0 Å². The van der Waals surface area contributed by atoms with Crippen molar-refractivity contribution in [3.63, 3.8) is 0 Å². The van der Waals surface area contributed by atoms with Crippen LogP contribution in [0.15, 0.2) is 33.9 Å². The summed E-state index contributed by atoms with van der Waals surface area (Å²) in [6, 6.07) is 8.43. The number of ether oxygens (including phenoxy) is 1. The highest BCUT2D eigenvalue weighted by Gasteiger charge is 2.40. The Morgan fingerprint density at radius 2 is 2.17 bits per heavy atom. The Balaban J connectivity index is 1.44. The number of methoxy groups -OCH3 is 1. The summed E-state index contributed by atoms with van der Waals surface area (Å²) in [4.78, 5) is 29.9. The Kier molecular flexibility index (Phi) is 4.59. The second kappa shape index (κ2) is 7.15. The highest BCUT2D eigenvalue weighted by molar-refractivity contribution is 7.18. The molecule has 7 heteroatoms. The van der Waals surface area contributed by atoms with Crippen LogP contribution in [0.2, 0.25) is 0 Å². The minimum absolute atomic E-state index is 0.187.